The van der Waals surface area contributed by atoms with Crippen LogP contribution in [0.2, 0.25) is 5.02 Å². The SMILES string of the molecule is COc1ccc(Cl)cc1N1CCN2c3ccc([N+](=O)[O-])cc3C[C@H](C(=O)NCCc3cccs3)[C@@H]2C1. The fourth-order valence-corrected chi connectivity index (χ4v) is 6.12. The second-order valence-electron chi connectivity index (χ2n) is 9.02. The highest BCUT2D eigenvalue weighted by atomic mass is 35.5. The summed E-state index contributed by atoms with van der Waals surface area (Å²) >= 11 is 7.98. The molecule has 188 valence electrons. The molecule has 0 radical (unpaired) electrons. The summed E-state index contributed by atoms with van der Waals surface area (Å²) in [6, 6.07) is 14.5. The average molecular weight is 527 g/mol. The molecule has 2 aromatic carbocycles. The fourth-order valence-electron chi connectivity index (χ4n) is 5.25. The van der Waals surface area contributed by atoms with Gasteiger partial charge in [-0.2, -0.15) is 0 Å². The summed E-state index contributed by atoms with van der Waals surface area (Å²) < 4.78 is 5.59. The van der Waals surface area contributed by atoms with E-state index < -0.39 is 0 Å². The van der Waals surface area contributed by atoms with Crippen molar-refractivity contribution in [3.8, 4) is 5.75 Å². The van der Waals surface area contributed by atoms with Gasteiger partial charge in [-0.05, 0) is 54.1 Å². The summed E-state index contributed by atoms with van der Waals surface area (Å²) in [6.07, 6.45) is 1.22. The van der Waals surface area contributed by atoms with Crippen LogP contribution in [0.4, 0.5) is 17.1 Å². The molecule has 10 heteroatoms. The Morgan fingerprint density at radius 2 is 2.08 bits per heavy atom. The number of carbonyl (C=O) groups excluding carboxylic acids is 1. The number of halogens is 1. The maximum absolute atomic E-state index is 13.5. The lowest BCUT2D eigenvalue weighted by atomic mass is 9.83. The number of nitro benzene ring substituents is 1. The van der Waals surface area contributed by atoms with Gasteiger partial charge in [-0.3, -0.25) is 14.9 Å². The van der Waals surface area contributed by atoms with E-state index in [-0.39, 0.29) is 28.5 Å². The Hall–Kier alpha value is -3.30. The van der Waals surface area contributed by atoms with Crippen molar-refractivity contribution in [2.45, 2.75) is 18.9 Å². The molecule has 3 heterocycles. The topological polar surface area (TPSA) is 87.9 Å². The van der Waals surface area contributed by atoms with E-state index in [2.05, 4.69) is 21.2 Å². The number of nitrogens with zero attached hydrogens (tertiary/aromatic N) is 3. The number of non-ortho nitro benzene ring substituents is 1. The van der Waals surface area contributed by atoms with Gasteiger partial charge < -0.3 is 19.9 Å². The molecule has 2 aliphatic rings. The number of hydrogen-bond acceptors (Lipinski definition) is 7. The molecule has 0 bridgehead atoms. The summed E-state index contributed by atoms with van der Waals surface area (Å²) in [5.41, 5.74) is 2.75. The van der Waals surface area contributed by atoms with Crippen molar-refractivity contribution in [1.82, 2.24) is 5.32 Å². The molecule has 8 nitrogen and oxygen atoms in total. The predicted molar refractivity (Wildman–Crippen MR) is 143 cm³/mol. The first-order valence-electron chi connectivity index (χ1n) is 11.9. The molecule has 36 heavy (non-hydrogen) atoms. The van der Waals surface area contributed by atoms with E-state index in [4.69, 9.17) is 16.3 Å². The number of thiophene rings is 1. The minimum atomic E-state index is -0.383. The number of nitrogens with one attached hydrogen (secondary N) is 1. The molecule has 2 aliphatic heterocycles. The lowest BCUT2D eigenvalue weighted by Crippen LogP contribution is -2.61. The summed E-state index contributed by atoms with van der Waals surface area (Å²) in [7, 11) is 1.64. The van der Waals surface area contributed by atoms with Crippen molar-refractivity contribution < 1.29 is 14.5 Å². The number of rotatable bonds is 7. The Morgan fingerprint density at radius 3 is 2.83 bits per heavy atom. The van der Waals surface area contributed by atoms with Gasteiger partial charge in [0, 0.05) is 53.9 Å². The summed E-state index contributed by atoms with van der Waals surface area (Å²) in [5, 5.41) is 17.2. The van der Waals surface area contributed by atoms with Crippen LogP contribution < -0.4 is 19.9 Å². The van der Waals surface area contributed by atoms with E-state index in [1.807, 2.05) is 29.6 Å². The van der Waals surface area contributed by atoms with E-state index in [0.29, 0.717) is 37.6 Å². The van der Waals surface area contributed by atoms with Crippen LogP contribution in [-0.4, -0.2) is 50.2 Å². The fraction of sp³-hybridized carbons (Fsp3) is 0.346. The van der Waals surface area contributed by atoms with E-state index in [1.54, 1.807) is 36.6 Å². The van der Waals surface area contributed by atoms with Crippen molar-refractivity contribution in [2.75, 3.05) is 43.1 Å². The molecule has 1 amide bonds. The molecule has 0 spiro atoms. The van der Waals surface area contributed by atoms with Gasteiger partial charge in [0.2, 0.25) is 5.91 Å². The lowest BCUT2D eigenvalue weighted by molar-refractivity contribution is -0.384. The zero-order chi connectivity index (χ0) is 25.2. The van der Waals surface area contributed by atoms with Crippen LogP contribution in [0.5, 0.6) is 5.75 Å². The molecular formula is C26H27ClN4O4S. The molecule has 3 aromatic rings. The zero-order valence-corrected chi connectivity index (χ0v) is 21.4. The summed E-state index contributed by atoms with van der Waals surface area (Å²) in [4.78, 5) is 30.2. The second kappa shape index (κ2) is 10.4. The molecule has 0 saturated carbocycles. The van der Waals surface area contributed by atoms with Crippen molar-refractivity contribution >= 4 is 45.9 Å². The first kappa shape index (κ1) is 24.4. The minimum Gasteiger partial charge on any atom is -0.495 e. The van der Waals surface area contributed by atoms with Gasteiger partial charge in [0.25, 0.3) is 5.69 Å². The van der Waals surface area contributed by atoms with E-state index >= 15 is 0 Å². The van der Waals surface area contributed by atoms with Crippen LogP contribution in [0.25, 0.3) is 0 Å². The normalized spacial score (nSPS) is 18.8. The van der Waals surface area contributed by atoms with Crippen LogP contribution in [0.3, 0.4) is 0 Å². The molecule has 1 saturated heterocycles. The van der Waals surface area contributed by atoms with E-state index in [9.17, 15) is 14.9 Å². The third-order valence-electron chi connectivity index (χ3n) is 6.98. The monoisotopic (exact) mass is 526 g/mol. The number of ether oxygens (including phenoxy) is 1. The Morgan fingerprint density at radius 1 is 1.22 bits per heavy atom. The smallest absolute Gasteiger partial charge is 0.269 e. The Balaban J connectivity index is 1.43. The van der Waals surface area contributed by atoms with Gasteiger partial charge in [-0.1, -0.05) is 17.7 Å². The third-order valence-corrected chi connectivity index (χ3v) is 8.15. The highest BCUT2D eigenvalue weighted by molar-refractivity contribution is 7.09. The van der Waals surface area contributed by atoms with Gasteiger partial charge >= 0.3 is 0 Å². The first-order valence-corrected chi connectivity index (χ1v) is 13.1. The van der Waals surface area contributed by atoms with Crippen molar-refractivity contribution in [3.05, 3.63) is 79.5 Å². The summed E-state index contributed by atoms with van der Waals surface area (Å²) in [5.74, 6) is 0.353. The van der Waals surface area contributed by atoms with Gasteiger partial charge in [0.05, 0.1) is 29.7 Å². The van der Waals surface area contributed by atoms with Crippen molar-refractivity contribution in [2.24, 2.45) is 5.92 Å². The molecule has 1 aromatic heterocycles. The standard InChI is InChI=1S/C26H27ClN4O4S/c1-35-25-7-4-18(27)15-23(25)29-10-11-30-22-6-5-19(31(33)34)13-17(22)14-21(24(30)16-29)26(32)28-9-8-20-3-2-12-36-20/h2-7,12-13,15,21,24H,8-11,14,16H2,1H3,(H,28,32)/t21-,24-/m0/s1. The summed E-state index contributed by atoms with van der Waals surface area (Å²) in [6.45, 7) is 2.53. The van der Waals surface area contributed by atoms with Crippen LogP contribution in [-0.2, 0) is 17.6 Å². The number of anilines is 2. The van der Waals surface area contributed by atoms with Crippen LogP contribution in [0.15, 0.2) is 53.9 Å². The average Bonchev–Trinajstić information content (AvgIpc) is 3.41. The van der Waals surface area contributed by atoms with Gasteiger partial charge in [0.1, 0.15) is 5.75 Å². The Labute approximate surface area is 218 Å². The number of fused-ring (bicyclic) bond motifs is 3. The third kappa shape index (κ3) is 4.85. The number of benzene rings is 2. The van der Waals surface area contributed by atoms with Gasteiger partial charge in [-0.15, -0.1) is 11.3 Å². The van der Waals surface area contributed by atoms with Crippen molar-refractivity contribution in [3.63, 3.8) is 0 Å². The molecule has 0 aliphatic carbocycles. The van der Waals surface area contributed by atoms with E-state index in [0.717, 1.165) is 29.1 Å². The molecule has 0 unspecified atom stereocenters. The quantitative estimate of drug-likeness (QED) is 0.359. The molecule has 1 N–H and O–H groups in total. The number of nitro groups is 1. The first-order chi connectivity index (χ1) is 17.4. The second-order valence-corrected chi connectivity index (χ2v) is 10.5. The maximum atomic E-state index is 13.5. The highest BCUT2D eigenvalue weighted by Crippen LogP contribution is 2.40. The highest BCUT2D eigenvalue weighted by Gasteiger charge is 2.42. The lowest BCUT2D eigenvalue weighted by Gasteiger charge is -2.49. The van der Waals surface area contributed by atoms with Gasteiger partial charge in [0.15, 0.2) is 0 Å². The molecule has 2 atom stereocenters. The number of methoxy groups -OCH3 is 1. The Kier molecular flexibility index (Phi) is 7.02. The Bertz CT molecular complexity index is 1270. The number of carbonyl (C=O) groups is 1. The molecule has 1 fully saturated rings. The maximum Gasteiger partial charge on any atom is 0.269 e. The zero-order valence-electron chi connectivity index (χ0n) is 19.9. The predicted octanol–water partition coefficient (Wildman–Crippen LogP) is 4.54. The molecule has 5 rings (SSSR count). The van der Waals surface area contributed by atoms with Crippen LogP contribution in [0, 0.1) is 16.0 Å². The number of amides is 1. The van der Waals surface area contributed by atoms with Crippen molar-refractivity contribution in [1.29, 1.82) is 0 Å². The van der Waals surface area contributed by atoms with Gasteiger partial charge in [-0.25, -0.2) is 0 Å². The number of piperazine rings is 1. The van der Waals surface area contributed by atoms with Crippen LogP contribution >= 0.6 is 22.9 Å². The molecular weight excluding hydrogens is 500 g/mol. The number of hydrogen-bond donors (Lipinski definition) is 1. The van der Waals surface area contributed by atoms with E-state index in [1.165, 1.54) is 4.88 Å². The largest absolute Gasteiger partial charge is 0.495 e. The minimum absolute atomic E-state index is 0.0291. The van der Waals surface area contributed by atoms with Crippen LogP contribution in [0.1, 0.15) is 10.4 Å².